The molecule has 1 N–H and O–H groups in total. The molecule has 0 amide bonds. The predicted octanol–water partition coefficient (Wildman–Crippen LogP) is 1.97. The van der Waals surface area contributed by atoms with Crippen molar-refractivity contribution < 1.29 is 0 Å². The molecule has 0 aromatic heterocycles. The maximum atomic E-state index is 5.27. The van der Waals surface area contributed by atoms with Crippen molar-refractivity contribution >= 4 is 0 Å². The Hall–Kier alpha value is -0.520. The van der Waals surface area contributed by atoms with E-state index in [2.05, 4.69) is 44.0 Å². The van der Waals surface area contributed by atoms with Crippen LogP contribution in [-0.2, 0) is 0 Å². The highest BCUT2D eigenvalue weighted by Gasteiger charge is 2.06. The normalized spacial score (nSPS) is 13.1. The highest BCUT2D eigenvalue weighted by molar-refractivity contribution is 4.88. The molecule has 1 unspecified atom stereocenters. The fourth-order valence-corrected chi connectivity index (χ4v) is 1.43. The molecule has 0 fully saturated rings. The first kappa shape index (κ1) is 14.5. The molecular weight excluding hydrogens is 184 g/mol. The number of terminal acetylenes is 1. The summed E-state index contributed by atoms with van der Waals surface area (Å²) in [4.78, 5) is 2.22. The van der Waals surface area contributed by atoms with Gasteiger partial charge in [0.15, 0.2) is 0 Å². The highest BCUT2D eigenvalue weighted by Crippen LogP contribution is 2.02. The summed E-state index contributed by atoms with van der Waals surface area (Å²) in [5.74, 6) is 3.42. The third-order valence-corrected chi connectivity index (χ3v) is 2.62. The zero-order valence-electron chi connectivity index (χ0n) is 10.7. The lowest BCUT2D eigenvalue weighted by atomic mass is 10.1. The molecular formula is C13H26N2. The second-order valence-electron chi connectivity index (χ2n) is 4.71. The Bertz CT molecular complexity index is 181. The van der Waals surface area contributed by atoms with Crippen LogP contribution in [0.2, 0.25) is 0 Å². The first-order valence-electron chi connectivity index (χ1n) is 5.92. The molecule has 0 rings (SSSR count). The van der Waals surface area contributed by atoms with Crippen LogP contribution in [0.4, 0.5) is 0 Å². The standard InChI is InChI=1S/C13H26N2/c1-6-10-15(5)13(4)8-7-9-14-11-12(2)3/h1,12-14H,7-11H2,2-5H3. The van der Waals surface area contributed by atoms with Gasteiger partial charge in [0.2, 0.25) is 0 Å². The van der Waals surface area contributed by atoms with E-state index < -0.39 is 0 Å². The van der Waals surface area contributed by atoms with Gasteiger partial charge >= 0.3 is 0 Å². The minimum atomic E-state index is 0.585. The molecule has 2 nitrogen and oxygen atoms in total. The number of rotatable bonds is 8. The molecule has 0 aliphatic carbocycles. The van der Waals surface area contributed by atoms with Gasteiger partial charge in [-0.3, -0.25) is 4.90 Å². The largest absolute Gasteiger partial charge is 0.316 e. The molecule has 0 heterocycles. The number of hydrogen-bond donors (Lipinski definition) is 1. The second kappa shape index (κ2) is 8.76. The van der Waals surface area contributed by atoms with E-state index in [1.54, 1.807) is 0 Å². The number of nitrogens with zero attached hydrogens (tertiary/aromatic N) is 1. The number of hydrogen-bond acceptors (Lipinski definition) is 2. The van der Waals surface area contributed by atoms with Crippen LogP contribution in [0, 0.1) is 18.3 Å². The van der Waals surface area contributed by atoms with Crippen LogP contribution in [0.25, 0.3) is 0 Å². The van der Waals surface area contributed by atoms with Gasteiger partial charge < -0.3 is 5.32 Å². The summed E-state index contributed by atoms with van der Waals surface area (Å²) in [7, 11) is 2.09. The second-order valence-corrected chi connectivity index (χ2v) is 4.71. The molecule has 2 heteroatoms. The Morgan fingerprint density at radius 1 is 1.33 bits per heavy atom. The first-order valence-corrected chi connectivity index (χ1v) is 5.92. The van der Waals surface area contributed by atoms with Gasteiger partial charge in [-0.05, 0) is 45.8 Å². The van der Waals surface area contributed by atoms with E-state index in [0.29, 0.717) is 6.04 Å². The summed E-state index contributed by atoms with van der Waals surface area (Å²) in [5.41, 5.74) is 0. The fourth-order valence-electron chi connectivity index (χ4n) is 1.43. The van der Waals surface area contributed by atoms with Gasteiger partial charge in [-0.1, -0.05) is 19.8 Å². The van der Waals surface area contributed by atoms with Crippen LogP contribution in [-0.4, -0.2) is 37.6 Å². The van der Waals surface area contributed by atoms with Crippen molar-refractivity contribution in [2.45, 2.75) is 39.7 Å². The van der Waals surface area contributed by atoms with E-state index >= 15 is 0 Å². The van der Waals surface area contributed by atoms with Crippen molar-refractivity contribution in [1.82, 2.24) is 10.2 Å². The summed E-state index contributed by atoms with van der Waals surface area (Å²) in [6, 6.07) is 0.585. The van der Waals surface area contributed by atoms with Crippen molar-refractivity contribution in [1.29, 1.82) is 0 Å². The third kappa shape index (κ3) is 8.47. The third-order valence-electron chi connectivity index (χ3n) is 2.62. The van der Waals surface area contributed by atoms with Gasteiger partial charge in [0, 0.05) is 6.04 Å². The molecule has 88 valence electrons. The Balaban J connectivity index is 3.39. The van der Waals surface area contributed by atoms with Crippen LogP contribution in [0.5, 0.6) is 0 Å². The maximum Gasteiger partial charge on any atom is 0.0598 e. The quantitative estimate of drug-likeness (QED) is 0.487. The molecule has 0 radical (unpaired) electrons. The highest BCUT2D eigenvalue weighted by atomic mass is 15.1. The van der Waals surface area contributed by atoms with Crippen LogP contribution in [0.1, 0.15) is 33.6 Å². The van der Waals surface area contributed by atoms with Gasteiger partial charge in [-0.25, -0.2) is 0 Å². The Morgan fingerprint density at radius 2 is 2.00 bits per heavy atom. The molecule has 0 aliphatic heterocycles. The molecule has 0 saturated carbocycles. The molecule has 0 saturated heterocycles. The zero-order valence-corrected chi connectivity index (χ0v) is 10.7. The van der Waals surface area contributed by atoms with Gasteiger partial charge in [-0.2, -0.15) is 0 Å². The van der Waals surface area contributed by atoms with E-state index in [4.69, 9.17) is 6.42 Å². The topological polar surface area (TPSA) is 15.3 Å². The average Bonchev–Trinajstić information content (AvgIpc) is 2.16. The summed E-state index contributed by atoms with van der Waals surface area (Å²) in [6.45, 7) is 9.69. The van der Waals surface area contributed by atoms with Crippen LogP contribution >= 0.6 is 0 Å². The van der Waals surface area contributed by atoms with Crippen molar-refractivity contribution in [2.24, 2.45) is 5.92 Å². The summed E-state index contributed by atoms with van der Waals surface area (Å²) >= 11 is 0. The summed E-state index contributed by atoms with van der Waals surface area (Å²) in [6.07, 6.45) is 7.71. The van der Waals surface area contributed by atoms with Gasteiger partial charge in [0.05, 0.1) is 6.54 Å². The average molecular weight is 210 g/mol. The van der Waals surface area contributed by atoms with Crippen molar-refractivity contribution in [3.8, 4) is 12.3 Å². The minimum Gasteiger partial charge on any atom is -0.316 e. The zero-order chi connectivity index (χ0) is 11.7. The molecule has 1 atom stereocenters. The molecule has 0 bridgehead atoms. The van der Waals surface area contributed by atoms with Crippen LogP contribution in [0.15, 0.2) is 0 Å². The van der Waals surface area contributed by atoms with Gasteiger partial charge in [-0.15, -0.1) is 6.42 Å². The molecule has 15 heavy (non-hydrogen) atoms. The fraction of sp³-hybridized carbons (Fsp3) is 0.846. The molecule has 0 aliphatic rings. The Labute approximate surface area is 95.4 Å². The predicted molar refractivity (Wildman–Crippen MR) is 67.9 cm³/mol. The van der Waals surface area contributed by atoms with Gasteiger partial charge in [0.1, 0.15) is 0 Å². The number of nitrogens with one attached hydrogen (secondary N) is 1. The monoisotopic (exact) mass is 210 g/mol. The summed E-state index contributed by atoms with van der Waals surface area (Å²) < 4.78 is 0. The first-order chi connectivity index (χ1) is 7.07. The van der Waals surface area contributed by atoms with Crippen LogP contribution < -0.4 is 5.32 Å². The van der Waals surface area contributed by atoms with E-state index in [1.165, 1.54) is 12.8 Å². The molecule has 0 aromatic carbocycles. The minimum absolute atomic E-state index is 0.585. The van der Waals surface area contributed by atoms with Crippen molar-refractivity contribution in [3.05, 3.63) is 0 Å². The molecule has 0 aromatic rings. The van der Waals surface area contributed by atoms with Gasteiger partial charge in [0.25, 0.3) is 0 Å². The Morgan fingerprint density at radius 3 is 2.53 bits per heavy atom. The van der Waals surface area contributed by atoms with Crippen molar-refractivity contribution in [3.63, 3.8) is 0 Å². The SMILES string of the molecule is C#CCN(C)C(C)CCCNCC(C)C. The smallest absolute Gasteiger partial charge is 0.0598 e. The van der Waals surface area contributed by atoms with E-state index in [9.17, 15) is 0 Å². The molecule has 0 spiro atoms. The van der Waals surface area contributed by atoms with Crippen molar-refractivity contribution in [2.75, 3.05) is 26.7 Å². The maximum absolute atomic E-state index is 5.27. The lowest BCUT2D eigenvalue weighted by Crippen LogP contribution is -2.30. The lowest BCUT2D eigenvalue weighted by Gasteiger charge is -2.22. The Kier molecular flexibility index (Phi) is 8.46. The summed E-state index contributed by atoms with van der Waals surface area (Å²) in [5, 5.41) is 3.45. The van der Waals surface area contributed by atoms with E-state index in [1.807, 2.05) is 0 Å². The van der Waals surface area contributed by atoms with Crippen LogP contribution in [0.3, 0.4) is 0 Å². The van der Waals surface area contributed by atoms with E-state index in [-0.39, 0.29) is 0 Å². The lowest BCUT2D eigenvalue weighted by molar-refractivity contribution is 0.270. The van der Waals surface area contributed by atoms with E-state index in [0.717, 1.165) is 25.6 Å².